The second-order valence-corrected chi connectivity index (χ2v) is 16.0. The minimum Gasteiger partial charge on any atom is -0.310 e. The highest BCUT2D eigenvalue weighted by Gasteiger charge is 2.41. The number of benzene rings is 7. The summed E-state index contributed by atoms with van der Waals surface area (Å²) in [5.41, 5.74) is 5.44. The van der Waals surface area contributed by atoms with E-state index < -0.39 is 8.07 Å². The smallest absolute Gasteiger partial charge is 0.198 e. The highest BCUT2D eigenvalue weighted by atomic mass is 28.3. The van der Waals surface area contributed by atoms with Crippen molar-refractivity contribution in [2.45, 2.75) is 0 Å². The molecule has 0 saturated heterocycles. The van der Waals surface area contributed by atoms with Crippen LogP contribution in [0.15, 0.2) is 170 Å². The van der Waals surface area contributed by atoms with Crippen LogP contribution < -0.4 is 20.7 Å². The van der Waals surface area contributed by atoms with Crippen LogP contribution in [-0.2, 0) is 0 Å². The number of para-hydroxylation sites is 1. The van der Waals surface area contributed by atoms with E-state index in [0.717, 1.165) is 38.2 Å². The number of aromatic nitrogens is 1. The molecule has 0 radical (unpaired) electrons. The summed E-state index contributed by atoms with van der Waals surface area (Å²) in [5.74, 6) is 0. The van der Waals surface area contributed by atoms with E-state index in [0.29, 0.717) is 22.4 Å². The topological polar surface area (TPSA) is 56.9 Å². The Kier molecular flexibility index (Phi) is 7.63. The Hall–Kier alpha value is -6.97. The first kappa shape index (κ1) is 30.4. The van der Waals surface area contributed by atoms with E-state index in [1.54, 1.807) is 6.07 Å². The Morgan fingerprint density at radius 3 is 1.70 bits per heavy atom. The Balaban J connectivity index is 1.38. The Morgan fingerprint density at radius 2 is 1.10 bits per heavy atom. The molecular weight excluding hydrogens is 625 g/mol. The molecule has 0 saturated carbocycles. The summed E-state index contributed by atoms with van der Waals surface area (Å²) < 4.78 is 2.08. The fourth-order valence-corrected chi connectivity index (χ4v) is 12.3. The Morgan fingerprint density at radius 1 is 0.520 bits per heavy atom. The van der Waals surface area contributed by atoms with Crippen LogP contribution in [0.5, 0.6) is 0 Å². The molecule has 0 spiro atoms. The molecule has 0 unspecified atom stereocenters. The molecule has 8 aromatic rings. The third-order valence-electron chi connectivity index (χ3n) is 9.61. The third-order valence-corrected chi connectivity index (χ3v) is 14.4. The molecule has 50 heavy (non-hydrogen) atoms. The quantitative estimate of drug-likeness (QED) is 0.104. The number of hydrogen-bond donors (Lipinski definition) is 0. The highest BCUT2D eigenvalue weighted by Crippen LogP contribution is 2.39. The third kappa shape index (κ3) is 4.80. The second kappa shape index (κ2) is 12.6. The van der Waals surface area contributed by atoms with E-state index in [2.05, 4.69) is 131 Å². The Bertz CT molecular complexity index is 2540. The summed E-state index contributed by atoms with van der Waals surface area (Å²) in [6.07, 6.45) is 0. The van der Waals surface area contributed by atoms with Crippen molar-refractivity contribution in [1.82, 2.24) is 4.57 Å². The highest BCUT2D eigenvalue weighted by molar-refractivity contribution is 7.19. The summed E-state index contributed by atoms with van der Waals surface area (Å²) in [5, 5.41) is 27.2. The monoisotopic (exact) mass is 652 g/mol. The lowest BCUT2D eigenvalue weighted by atomic mass is 9.97. The van der Waals surface area contributed by atoms with Gasteiger partial charge in [-0.15, -0.1) is 0 Å². The zero-order valence-electron chi connectivity index (χ0n) is 27.0. The molecular formula is C45H28N4Si. The zero-order chi connectivity index (χ0) is 34.1. The summed E-state index contributed by atoms with van der Waals surface area (Å²) in [7, 11) is -2.83. The first-order chi connectivity index (χ1) is 24.7. The molecule has 1 aromatic heterocycles. The Labute approximate surface area is 291 Å². The lowest BCUT2D eigenvalue weighted by Gasteiger charge is -2.34. The van der Waals surface area contributed by atoms with Crippen LogP contribution in [0.4, 0.5) is 5.69 Å². The number of fused-ring (bicyclic) bond motifs is 3. The number of nitrogens with zero attached hydrogens (tertiary/aromatic N) is 4. The molecule has 0 aliphatic carbocycles. The number of nitriles is 2. The first-order valence-corrected chi connectivity index (χ1v) is 18.3. The van der Waals surface area contributed by atoms with Crippen molar-refractivity contribution in [2.24, 2.45) is 0 Å². The molecule has 232 valence electrons. The van der Waals surface area contributed by atoms with Gasteiger partial charge in [-0.2, -0.15) is 10.5 Å². The summed E-state index contributed by atoms with van der Waals surface area (Å²) in [6, 6.07) is 62.8. The van der Waals surface area contributed by atoms with Crippen molar-refractivity contribution in [3.05, 3.63) is 192 Å². The van der Waals surface area contributed by atoms with Crippen LogP contribution in [0.3, 0.4) is 0 Å². The van der Waals surface area contributed by atoms with Gasteiger partial charge in [0.2, 0.25) is 0 Å². The molecule has 0 bridgehead atoms. The van der Waals surface area contributed by atoms with Crippen molar-refractivity contribution in [1.29, 1.82) is 10.5 Å². The zero-order valence-corrected chi connectivity index (χ0v) is 28.0. The number of hydrogen-bond acceptors (Lipinski definition) is 2. The summed E-state index contributed by atoms with van der Waals surface area (Å²) in [6.45, 7) is 8.37. The largest absolute Gasteiger partial charge is 0.310 e. The van der Waals surface area contributed by atoms with Gasteiger partial charge in [0.15, 0.2) is 13.8 Å². The van der Waals surface area contributed by atoms with Gasteiger partial charge >= 0.3 is 0 Å². The summed E-state index contributed by atoms with van der Waals surface area (Å²) in [4.78, 5) is 4.03. The molecule has 7 aromatic carbocycles. The van der Waals surface area contributed by atoms with Crippen molar-refractivity contribution < 1.29 is 0 Å². The van der Waals surface area contributed by atoms with E-state index in [9.17, 15) is 10.5 Å². The maximum absolute atomic E-state index is 10.7. The first-order valence-electron chi connectivity index (χ1n) is 16.3. The van der Waals surface area contributed by atoms with Crippen LogP contribution in [0.25, 0.3) is 43.5 Å². The van der Waals surface area contributed by atoms with Crippen LogP contribution in [0, 0.1) is 29.2 Å². The van der Waals surface area contributed by atoms with Crippen molar-refractivity contribution in [3.63, 3.8) is 0 Å². The lowest BCUT2D eigenvalue weighted by molar-refractivity contribution is 1.18. The second-order valence-electron chi connectivity index (χ2n) is 12.2. The van der Waals surface area contributed by atoms with Gasteiger partial charge in [0.1, 0.15) is 0 Å². The van der Waals surface area contributed by atoms with E-state index in [1.165, 1.54) is 15.6 Å². The van der Waals surface area contributed by atoms with Gasteiger partial charge in [-0.3, -0.25) is 0 Å². The minimum absolute atomic E-state index is 0.405. The van der Waals surface area contributed by atoms with Crippen molar-refractivity contribution >= 4 is 56.3 Å². The van der Waals surface area contributed by atoms with Gasteiger partial charge in [-0.05, 0) is 62.7 Å². The van der Waals surface area contributed by atoms with Crippen molar-refractivity contribution in [2.75, 3.05) is 0 Å². The predicted molar refractivity (Wildman–Crippen MR) is 206 cm³/mol. The van der Waals surface area contributed by atoms with Gasteiger partial charge < -0.3 is 4.57 Å². The van der Waals surface area contributed by atoms with E-state index in [4.69, 9.17) is 6.57 Å². The van der Waals surface area contributed by atoms with Crippen LogP contribution >= 0.6 is 0 Å². The minimum atomic E-state index is -2.83. The average molecular weight is 653 g/mol. The molecule has 0 aliphatic rings. The van der Waals surface area contributed by atoms with Crippen LogP contribution in [0.2, 0.25) is 0 Å². The van der Waals surface area contributed by atoms with Crippen LogP contribution in [0.1, 0.15) is 11.1 Å². The average Bonchev–Trinajstić information content (AvgIpc) is 3.52. The maximum Gasteiger partial charge on any atom is 0.198 e. The predicted octanol–water partition coefficient (Wildman–Crippen LogP) is 8.12. The molecule has 1 heterocycles. The van der Waals surface area contributed by atoms with Crippen LogP contribution in [-0.4, -0.2) is 12.6 Å². The molecule has 0 amide bonds. The van der Waals surface area contributed by atoms with E-state index >= 15 is 0 Å². The number of rotatable bonds is 6. The molecule has 8 rings (SSSR count). The fraction of sp³-hybridized carbons (Fsp3) is 0. The normalized spacial score (nSPS) is 11.1. The van der Waals surface area contributed by atoms with Gasteiger partial charge in [-0.25, -0.2) is 4.85 Å². The van der Waals surface area contributed by atoms with Gasteiger partial charge in [0.25, 0.3) is 0 Å². The van der Waals surface area contributed by atoms with E-state index in [1.807, 2.05) is 54.6 Å². The fourth-order valence-electron chi connectivity index (χ4n) is 7.51. The molecule has 0 atom stereocenters. The lowest BCUT2D eigenvalue weighted by Crippen LogP contribution is -2.74. The summed E-state index contributed by atoms with van der Waals surface area (Å²) >= 11 is 0. The van der Waals surface area contributed by atoms with Gasteiger partial charge in [-0.1, -0.05) is 133 Å². The van der Waals surface area contributed by atoms with E-state index in [-0.39, 0.29) is 0 Å². The SMILES string of the molecule is [C-]#[N+]c1cc(-n2c3ccccc3c3cc(C#N)ccc32)cc(C#N)c1-c1cccc([Si](c2ccccc2)(c2ccccc2)c2ccccc2)c1. The standard InChI is InChI=1S/C45H28N4Si/c1-48-42-29-35(49-43-23-12-11-22-40(43)41-26-32(30-46)24-25-44(41)49)27-34(31-47)45(42)33-14-13-21-39(28-33)50(36-15-5-2-6-16-36,37-17-7-3-8-18-37)38-19-9-4-10-20-38/h2-29H. The van der Waals surface area contributed by atoms with Gasteiger partial charge in [0.05, 0.1) is 40.9 Å². The van der Waals surface area contributed by atoms with Gasteiger partial charge in [0, 0.05) is 22.0 Å². The molecule has 0 fully saturated rings. The molecule has 0 N–H and O–H groups in total. The van der Waals surface area contributed by atoms with Crippen molar-refractivity contribution in [3.8, 4) is 29.0 Å². The maximum atomic E-state index is 10.7. The molecule has 0 aliphatic heterocycles. The molecule has 5 heteroatoms. The molecule has 4 nitrogen and oxygen atoms in total.